The number of nitrogens with one attached hydrogen (secondary N) is 2. The first-order chi connectivity index (χ1) is 9.95. The predicted octanol–water partition coefficient (Wildman–Crippen LogP) is 3.15. The summed E-state index contributed by atoms with van der Waals surface area (Å²) in [6.07, 6.45) is 0. The Morgan fingerprint density at radius 1 is 0.905 bits per heavy atom. The monoisotopic (exact) mass is 323 g/mol. The highest BCUT2D eigenvalue weighted by atomic mass is 35.5. The molecule has 2 amide bonds. The van der Waals surface area contributed by atoms with E-state index in [-0.39, 0.29) is 5.02 Å². The van der Waals surface area contributed by atoms with Gasteiger partial charge >= 0.3 is 11.8 Å². The quantitative estimate of drug-likeness (QED) is 0.586. The van der Waals surface area contributed by atoms with Crippen LogP contribution in [0, 0.1) is 0 Å². The fraction of sp³-hybridized carbons (Fsp3) is 0. The molecule has 4 N–H and O–H groups in total. The summed E-state index contributed by atoms with van der Waals surface area (Å²) in [6.45, 7) is 0. The lowest BCUT2D eigenvalue weighted by molar-refractivity contribution is -0.132. The molecule has 0 heterocycles. The van der Waals surface area contributed by atoms with Crippen molar-refractivity contribution in [2.75, 3.05) is 16.4 Å². The lowest BCUT2D eigenvalue weighted by atomic mass is 10.2. The van der Waals surface area contributed by atoms with Crippen molar-refractivity contribution in [1.29, 1.82) is 0 Å². The number of carbonyl (C=O) groups excluding carboxylic acids is 2. The molecule has 0 aromatic heterocycles. The number of hydrogen-bond donors (Lipinski definition) is 3. The zero-order valence-corrected chi connectivity index (χ0v) is 12.2. The number of rotatable bonds is 2. The van der Waals surface area contributed by atoms with Gasteiger partial charge in [-0.2, -0.15) is 0 Å². The van der Waals surface area contributed by atoms with Gasteiger partial charge in [0.1, 0.15) is 0 Å². The average molecular weight is 324 g/mol. The van der Waals surface area contributed by atoms with E-state index in [2.05, 4.69) is 10.6 Å². The summed E-state index contributed by atoms with van der Waals surface area (Å²) >= 11 is 11.6. The number of halogens is 2. The molecular weight excluding hydrogens is 313 g/mol. The number of nitrogens with two attached hydrogens (primary N) is 1. The van der Waals surface area contributed by atoms with Gasteiger partial charge in [-0.15, -0.1) is 0 Å². The van der Waals surface area contributed by atoms with Crippen LogP contribution in [-0.4, -0.2) is 11.8 Å². The molecule has 0 saturated heterocycles. The molecule has 0 unspecified atom stereocenters. The molecule has 0 fully saturated rings. The molecule has 0 aliphatic carbocycles. The van der Waals surface area contributed by atoms with Gasteiger partial charge in [0, 0.05) is 16.4 Å². The Morgan fingerprint density at radius 2 is 1.52 bits per heavy atom. The summed E-state index contributed by atoms with van der Waals surface area (Å²) in [5.41, 5.74) is 6.78. The Balaban J connectivity index is 2.02. The lowest BCUT2D eigenvalue weighted by Gasteiger charge is -2.08. The molecule has 0 aliphatic rings. The topological polar surface area (TPSA) is 84.2 Å². The van der Waals surface area contributed by atoms with Crippen molar-refractivity contribution in [3.05, 3.63) is 52.5 Å². The van der Waals surface area contributed by atoms with E-state index in [1.54, 1.807) is 30.3 Å². The Kier molecular flexibility index (Phi) is 4.67. The molecule has 0 atom stereocenters. The van der Waals surface area contributed by atoms with Crippen molar-refractivity contribution < 1.29 is 9.59 Å². The SMILES string of the molecule is Nc1ccc(NC(=O)C(=O)Nc2ccc(Cl)cc2)c(Cl)c1. The number of nitrogen functional groups attached to an aromatic ring is 1. The van der Waals surface area contributed by atoms with Gasteiger partial charge in [0.15, 0.2) is 0 Å². The van der Waals surface area contributed by atoms with Crippen LogP contribution < -0.4 is 16.4 Å². The molecule has 2 rings (SSSR count). The zero-order valence-electron chi connectivity index (χ0n) is 10.7. The number of amides is 2. The van der Waals surface area contributed by atoms with Crippen LogP contribution in [0.5, 0.6) is 0 Å². The van der Waals surface area contributed by atoms with Gasteiger partial charge in [0.05, 0.1) is 10.7 Å². The minimum absolute atomic E-state index is 0.252. The van der Waals surface area contributed by atoms with E-state index in [1.807, 2.05) is 0 Å². The van der Waals surface area contributed by atoms with Gasteiger partial charge in [-0.05, 0) is 42.5 Å². The largest absolute Gasteiger partial charge is 0.399 e. The van der Waals surface area contributed by atoms with Crippen LogP contribution in [0.3, 0.4) is 0 Å². The minimum Gasteiger partial charge on any atom is -0.399 e. The molecule has 2 aromatic carbocycles. The molecular formula is C14H11Cl2N3O2. The molecule has 0 radical (unpaired) electrons. The third-order valence-corrected chi connectivity index (χ3v) is 3.11. The summed E-state index contributed by atoms with van der Waals surface area (Å²) in [7, 11) is 0. The molecule has 0 saturated carbocycles. The Labute approximate surface area is 131 Å². The molecule has 0 aliphatic heterocycles. The van der Waals surface area contributed by atoms with Gasteiger partial charge < -0.3 is 16.4 Å². The first-order valence-electron chi connectivity index (χ1n) is 5.88. The maximum atomic E-state index is 11.8. The van der Waals surface area contributed by atoms with E-state index in [9.17, 15) is 9.59 Å². The highest BCUT2D eigenvalue weighted by Crippen LogP contribution is 2.24. The third kappa shape index (κ3) is 4.11. The van der Waals surface area contributed by atoms with E-state index >= 15 is 0 Å². The van der Waals surface area contributed by atoms with E-state index in [1.165, 1.54) is 12.1 Å². The van der Waals surface area contributed by atoms with Crippen LogP contribution in [-0.2, 0) is 9.59 Å². The predicted molar refractivity (Wildman–Crippen MR) is 84.6 cm³/mol. The van der Waals surface area contributed by atoms with Crippen molar-refractivity contribution in [1.82, 2.24) is 0 Å². The molecule has 21 heavy (non-hydrogen) atoms. The average Bonchev–Trinajstić information content (AvgIpc) is 2.44. The van der Waals surface area contributed by atoms with E-state index < -0.39 is 11.8 Å². The summed E-state index contributed by atoms with van der Waals surface area (Å²) < 4.78 is 0. The first kappa shape index (κ1) is 15.2. The van der Waals surface area contributed by atoms with E-state index in [4.69, 9.17) is 28.9 Å². The first-order valence-corrected chi connectivity index (χ1v) is 6.64. The third-order valence-electron chi connectivity index (χ3n) is 2.55. The van der Waals surface area contributed by atoms with Gasteiger partial charge in [-0.25, -0.2) is 0 Å². The van der Waals surface area contributed by atoms with Crippen LogP contribution >= 0.6 is 23.2 Å². The summed E-state index contributed by atoms with van der Waals surface area (Å²) in [6, 6.07) is 10.9. The van der Waals surface area contributed by atoms with Gasteiger partial charge in [-0.3, -0.25) is 9.59 Å². The number of carbonyl (C=O) groups is 2. The highest BCUT2D eigenvalue weighted by Gasteiger charge is 2.15. The van der Waals surface area contributed by atoms with Gasteiger partial charge in [-0.1, -0.05) is 23.2 Å². The van der Waals surface area contributed by atoms with Crippen molar-refractivity contribution in [3.8, 4) is 0 Å². The second-order valence-corrected chi connectivity index (χ2v) is 5.00. The van der Waals surface area contributed by atoms with Crippen LogP contribution in [0.4, 0.5) is 17.1 Å². The summed E-state index contributed by atoms with van der Waals surface area (Å²) in [4.78, 5) is 23.5. The number of benzene rings is 2. The maximum Gasteiger partial charge on any atom is 0.314 e. The molecule has 0 bridgehead atoms. The van der Waals surface area contributed by atoms with Crippen molar-refractivity contribution in [3.63, 3.8) is 0 Å². The Hall–Kier alpha value is -2.24. The number of anilines is 3. The maximum absolute atomic E-state index is 11.8. The van der Waals surface area contributed by atoms with Gasteiger partial charge in [0.2, 0.25) is 0 Å². The van der Waals surface area contributed by atoms with Crippen molar-refractivity contribution >= 4 is 52.1 Å². The van der Waals surface area contributed by atoms with Crippen molar-refractivity contribution in [2.24, 2.45) is 0 Å². The smallest absolute Gasteiger partial charge is 0.314 e. The van der Waals surface area contributed by atoms with Gasteiger partial charge in [0.25, 0.3) is 0 Å². The van der Waals surface area contributed by atoms with Crippen LogP contribution in [0.25, 0.3) is 0 Å². The Bertz CT molecular complexity index is 687. The number of hydrogen-bond acceptors (Lipinski definition) is 3. The highest BCUT2D eigenvalue weighted by molar-refractivity contribution is 6.44. The second-order valence-electron chi connectivity index (χ2n) is 4.15. The van der Waals surface area contributed by atoms with Crippen LogP contribution in [0.2, 0.25) is 10.0 Å². The minimum atomic E-state index is -0.836. The second kappa shape index (κ2) is 6.47. The Morgan fingerprint density at radius 3 is 2.14 bits per heavy atom. The normalized spacial score (nSPS) is 10.0. The van der Waals surface area contributed by atoms with Crippen LogP contribution in [0.1, 0.15) is 0 Å². The molecule has 108 valence electrons. The van der Waals surface area contributed by atoms with E-state index in [0.29, 0.717) is 22.1 Å². The molecule has 0 spiro atoms. The summed E-state index contributed by atoms with van der Waals surface area (Å²) in [5, 5.41) is 5.63. The van der Waals surface area contributed by atoms with E-state index in [0.717, 1.165) is 0 Å². The molecule has 2 aromatic rings. The zero-order chi connectivity index (χ0) is 15.4. The fourth-order valence-electron chi connectivity index (χ4n) is 1.53. The molecule has 5 nitrogen and oxygen atoms in total. The summed E-state index contributed by atoms with van der Waals surface area (Å²) in [5.74, 6) is -1.65. The molecule has 7 heteroatoms. The lowest BCUT2D eigenvalue weighted by Crippen LogP contribution is -2.29. The van der Waals surface area contributed by atoms with Crippen molar-refractivity contribution in [2.45, 2.75) is 0 Å². The standard InChI is InChI=1S/C14H11Cl2N3O2/c15-8-1-4-10(5-2-8)18-13(20)14(21)19-12-6-3-9(17)7-11(12)16/h1-7H,17H2,(H,18,20)(H,19,21). The fourth-order valence-corrected chi connectivity index (χ4v) is 1.90. The van der Waals surface area contributed by atoms with Crippen LogP contribution in [0.15, 0.2) is 42.5 Å².